The van der Waals surface area contributed by atoms with Crippen molar-refractivity contribution >= 4 is 17.9 Å². The van der Waals surface area contributed by atoms with Crippen molar-refractivity contribution in [2.24, 2.45) is 5.10 Å². The molecule has 0 aliphatic rings. The molecule has 5 heteroatoms. The van der Waals surface area contributed by atoms with Crippen LogP contribution in [0.1, 0.15) is 11.1 Å². The number of nitrogens with zero attached hydrogens (tertiary/aromatic N) is 2. The van der Waals surface area contributed by atoms with Gasteiger partial charge in [-0.15, -0.1) is 0 Å². The number of nitriles is 1. The van der Waals surface area contributed by atoms with Crippen LogP contribution in [0.25, 0.3) is 0 Å². The molecule has 2 N–H and O–H groups in total. The number of rotatable bonds is 3. The third kappa shape index (κ3) is 3.96. The van der Waals surface area contributed by atoms with Crippen LogP contribution in [0.5, 0.6) is 0 Å². The molecule has 0 radical (unpaired) electrons. The number of carbonyl (C=O) groups is 1. The van der Waals surface area contributed by atoms with Crippen LogP contribution in [-0.4, -0.2) is 12.2 Å². The Kier molecular flexibility index (Phi) is 4.46. The maximum absolute atomic E-state index is 11.5. The van der Waals surface area contributed by atoms with Crippen molar-refractivity contribution in [1.82, 2.24) is 5.43 Å². The number of amides is 2. The molecule has 5 nitrogen and oxygen atoms in total. The van der Waals surface area contributed by atoms with E-state index in [9.17, 15) is 4.79 Å². The highest BCUT2D eigenvalue weighted by molar-refractivity contribution is 5.90. The SMILES string of the molecule is N#Cc1ccc(/C=N\NC(=O)Nc2ccccc2)cc1. The fourth-order valence-corrected chi connectivity index (χ4v) is 1.49. The number of urea groups is 1. The standard InChI is InChI=1S/C15H12N4O/c16-10-12-6-8-13(9-7-12)11-17-19-15(20)18-14-4-2-1-3-5-14/h1-9,11H,(H2,18,19,20)/b17-11-. The summed E-state index contributed by atoms with van der Waals surface area (Å²) >= 11 is 0. The van der Waals surface area contributed by atoms with E-state index < -0.39 is 6.03 Å². The molecule has 0 aliphatic carbocycles. The highest BCUT2D eigenvalue weighted by Crippen LogP contribution is 2.04. The second-order valence-electron chi connectivity index (χ2n) is 3.92. The highest BCUT2D eigenvalue weighted by atomic mass is 16.2. The molecule has 0 aliphatic heterocycles. The average molecular weight is 264 g/mol. The Morgan fingerprint density at radius 1 is 1.10 bits per heavy atom. The summed E-state index contributed by atoms with van der Waals surface area (Å²) in [6.07, 6.45) is 1.51. The number of benzene rings is 2. The summed E-state index contributed by atoms with van der Waals surface area (Å²) in [5.74, 6) is 0. The van der Waals surface area contributed by atoms with E-state index in [1.54, 1.807) is 36.4 Å². The summed E-state index contributed by atoms with van der Waals surface area (Å²) in [5.41, 5.74) is 4.43. The summed E-state index contributed by atoms with van der Waals surface area (Å²) in [4.78, 5) is 11.5. The first-order valence-electron chi connectivity index (χ1n) is 5.93. The third-order valence-corrected chi connectivity index (χ3v) is 2.45. The summed E-state index contributed by atoms with van der Waals surface area (Å²) in [7, 11) is 0. The maximum Gasteiger partial charge on any atom is 0.339 e. The van der Waals surface area contributed by atoms with Crippen molar-refractivity contribution in [3.63, 3.8) is 0 Å². The molecule has 0 atom stereocenters. The molecule has 2 aromatic carbocycles. The third-order valence-electron chi connectivity index (χ3n) is 2.45. The molecule has 0 fully saturated rings. The molecule has 0 aromatic heterocycles. The van der Waals surface area contributed by atoms with Gasteiger partial charge in [0.25, 0.3) is 0 Å². The molecule has 2 amide bonds. The minimum atomic E-state index is -0.416. The van der Waals surface area contributed by atoms with Gasteiger partial charge in [-0.2, -0.15) is 10.4 Å². The summed E-state index contributed by atoms with van der Waals surface area (Å²) < 4.78 is 0. The first-order valence-corrected chi connectivity index (χ1v) is 5.93. The Balaban J connectivity index is 1.86. The number of nitrogens with one attached hydrogen (secondary N) is 2. The number of hydrazone groups is 1. The normalized spacial score (nSPS) is 9.95. The van der Waals surface area contributed by atoms with Gasteiger partial charge in [-0.3, -0.25) is 0 Å². The van der Waals surface area contributed by atoms with Crippen LogP contribution < -0.4 is 10.7 Å². The molecule has 20 heavy (non-hydrogen) atoms. The molecule has 0 saturated carbocycles. The minimum Gasteiger partial charge on any atom is -0.307 e. The lowest BCUT2D eigenvalue weighted by Crippen LogP contribution is -2.24. The Labute approximate surface area is 116 Å². The van der Waals surface area contributed by atoms with E-state index in [-0.39, 0.29) is 0 Å². The zero-order valence-corrected chi connectivity index (χ0v) is 10.6. The molecular formula is C15H12N4O. The van der Waals surface area contributed by atoms with Gasteiger partial charge in [-0.25, -0.2) is 10.2 Å². The van der Waals surface area contributed by atoms with Crippen LogP contribution in [0.15, 0.2) is 59.7 Å². The van der Waals surface area contributed by atoms with E-state index in [2.05, 4.69) is 15.8 Å². The van der Waals surface area contributed by atoms with Crippen LogP contribution in [0.3, 0.4) is 0 Å². The zero-order valence-electron chi connectivity index (χ0n) is 10.6. The largest absolute Gasteiger partial charge is 0.339 e. The molecule has 98 valence electrons. The molecule has 2 aromatic rings. The van der Waals surface area contributed by atoms with Crippen LogP contribution in [0.4, 0.5) is 10.5 Å². The van der Waals surface area contributed by atoms with E-state index in [4.69, 9.17) is 5.26 Å². The molecule has 0 saturated heterocycles. The van der Waals surface area contributed by atoms with Crippen molar-refractivity contribution in [2.75, 3.05) is 5.32 Å². The van der Waals surface area contributed by atoms with E-state index >= 15 is 0 Å². The maximum atomic E-state index is 11.5. The highest BCUT2D eigenvalue weighted by Gasteiger charge is 1.98. The fourth-order valence-electron chi connectivity index (χ4n) is 1.49. The summed E-state index contributed by atoms with van der Waals surface area (Å²) in [6.45, 7) is 0. The average Bonchev–Trinajstić information content (AvgIpc) is 2.49. The molecule has 0 heterocycles. The Bertz CT molecular complexity index is 642. The van der Waals surface area contributed by atoms with Crippen LogP contribution in [0.2, 0.25) is 0 Å². The number of carbonyl (C=O) groups excluding carboxylic acids is 1. The van der Waals surface area contributed by atoms with Crippen molar-refractivity contribution in [1.29, 1.82) is 5.26 Å². The number of hydrogen-bond donors (Lipinski definition) is 2. The number of hydrogen-bond acceptors (Lipinski definition) is 3. The minimum absolute atomic E-state index is 0.416. The number of anilines is 1. The molecular weight excluding hydrogens is 252 g/mol. The van der Waals surface area contributed by atoms with Crippen LogP contribution in [-0.2, 0) is 0 Å². The lowest BCUT2D eigenvalue weighted by atomic mass is 10.2. The molecule has 2 rings (SSSR count). The lowest BCUT2D eigenvalue weighted by molar-refractivity contribution is 0.252. The van der Waals surface area contributed by atoms with E-state index in [0.29, 0.717) is 11.3 Å². The first kappa shape index (κ1) is 13.3. The van der Waals surface area contributed by atoms with Gasteiger partial charge in [-0.1, -0.05) is 30.3 Å². The lowest BCUT2D eigenvalue weighted by Gasteiger charge is -2.03. The van der Waals surface area contributed by atoms with Gasteiger partial charge in [0, 0.05) is 5.69 Å². The molecule has 0 unspecified atom stereocenters. The smallest absolute Gasteiger partial charge is 0.307 e. The Hall–Kier alpha value is -3.13. The van der Waals surface area contributed by atoms with Crippen molar-refractivity contribution < 1.29 is 4.79 Å². The second-order valence-corrected chi connectivity index (χ2v) is 3.92. The predicted molar refractivity (Wildman–Crippen MR) is 77.3 cm³/mol. The van der Waals surface area contributed by atoms with Crippen molar-refractivity contribution in [3.05, 3.63) is 65.7 Å². The van der Waals surface area contributed by atoms with E-state index in [0.717, 1.165) is 5.56 Å². The van der Waals surface area contributed by atoms with Gasteiger partial charge in [0.15, 0.2) is 0 Å². The fraction of sp³-hybridized carbons (Fsp3) is 0. The summed E-state index contributed by atoms with van der Waals surface area (Å²) in [6, 6.07) is 17.6. The number of para-hydroxylation sites is 1. The summed E-state index contributed by atoms with van der Waals surface area (Å²) in [5, 5.41) is 15.1. The topological polar surface area (TPSA) is 77.3 Å². The molecule has 0 bridgehead atoms. The van der Waals surface area contributed by atoms with Gasteiger partial charge in [0.05, 0.1) is 17.8 Å². The van der Waals surface area contributed by atoms with Gasteiger partial charge < -0.3 is 5.32 Å². The van der Waals surface area contributed by atoms with E-state index in [1.807, 2.05) is 24.3 Å². The monoisotopic (exact) mass is 264 g/mol. The van der Waals surface area contributed by atoms with Crippen molar-refractivity contribution in [2.45, 2.75) is 0 Å². The van der Waals surface area contributed by atoms with Gasteiger partial charge >= 0.3 is 6.03 Å². The van der Waals surface area contributed by atoms with Gasteiger partial charge in [0.1, 0.15) is 0 Å². The zero-order chi connectivity index (χ0) is 14.2. The quantitative estimate of drug-likeness (QED) is 0.660. The Morgan fingerprint density at radius 3 is 2.45 bits per heavy atom. The predicted octanol–water partition coefficient (Wildman–Crippen LogP) is 2.71. The van der Waals surface area contributed by atoms with Gasteiger partial charge in [-0.05, 0) is 29.8 Å². The molecule has 0 spiro atoms. The van der Waals surface area contributed by atoms with Gasteiger partial charge in [0.2, 0.25) is 0 Å². The van der Waals surface area contributed by atoms with Crippen molar-refractivity contribution in [3.8, 4) is 6.07 Å². The van der Waals surface area contributed by atoms with Crippen LogP contribution in [0, 0.1) is 11.3 Å². The van der Waals surface area contributed by atoms with Crippen LogP contribution >= 0.6 is 0 Å². The van der Waals surface area contributed by atoms with E-state index in [1.165, 1.54) is 6.21 Å². The Morgan fingerprint density at radius 2 is 1.80 bits per heavy atom. The first-order chi connectivity index (χ1) is 9.78. The second kappa shape index (κ2) is 6.71.